The molecule has 0 bridgehead atoms. The summed E-state index contributed by atoms with van der Waals surface area (Å²) in [6.07, 6.45) is 0.449. The predicted molar refractivity (Wildman–Crippen MR) is 71.3 cm³/mol. The van der Waals surface area contributed by atoms with Gasteiger partial charge in [-0.05, 0) is 23.8 Å². The van der Waals surface area contributed by atoms with Gasteiger partial charge in [-0.25, -0.2) is 0 Å². The molecule has 0 aromatic heterocycles. The van der Waals surface area contributed by atoms with Crippen LogP contribution in [-0.4, -0.2) is 18.8 Å². The van der Waals surface area contributed by atoms with Crippen molar-refractivity contribution < 1.29 is 9.53 Å². The highest BCUT2D eigenvalue weighted by atomic mass is 79.9. The van der Waals surface area contributed by atoms with E-state index in [0.717, 1.165) is 27.2 Å². The van der Waals surface area contributed by atoms with E-state index in [9.17, 15) is 4.79 Å². The first kappa shape index (κ1) is 13.4. The Morgan fingerprint density at radius 3 is 2.88 bits per heavy atom. The van der Waals surface area contributed by atoms with Crippen molar-refractivity contribution >= 4 is 39.3 Å². The van der Waals surface area contributed by atoms with Crippen LogP contribution in [0.1, 0.15) is 12.0 Å². The average Bonchev–Trinajstić information content (AvgIpc) is 2.22. The van der Waals surface area contributed by atoms with Crippen LogP contribution < -0.4 is 5.73 Å². The highest BCUT2D eigenvalue weighted by Crippen LogP contribution is 2.21. The van der Waals surface area contributed by atoms with Gasteiger partial charge >= 0.3 is 5.97 Å². The molecule has 0 aliphatic carbocycles. The fraction of sp³-hybridized carbons (Fsp3) is 0.364. The number of halogens is 1. The first-order valence-corrected chi connectivity index (χ1v) is 6.76. The fourth-order valence-corrected chi connectivity index (χ4v) is 2.62. The van der Waals surface area contributed by atoms with Gasteiger partial charge in [-0.3, -0.25) is 4.79 Å². The zero-order chi connectivity index (χ0) is 12.0. The highest BCUT2D eigenvalue weighted by molar-refractivity contribution is 9.10. The number of hydrogen-bond donors (Lipinski definition) is 1. The van der Waals surface area contributed by atoms with Crippen molar-refractivity contribution in [3.05, 3.63) is 28.2 Å². The Morgan fingerprint density at radius 1 is 1.50 bits per heavy atom. The van der Waals surface area contributed by atoms with Crippen LogP contribution in [0.4, 0.5) is 5.69 Å². The molecule has 5 heteroatoms. The standard InChI is InChI=1S/C11H14BrNO2S/c1-15-11(14)2-3-16-7-8-4-9(12)6-10(13)5-8/h4-6H,2-3,7,13H2,1H3. The summed E-state index contributed by atoms with van der Waals surface area (Å²) >= 11 is 5.08. The SMILES string of the molecule is COC(=O)CCSCc1cc(N)cc(Br)c1. The molecule has 0 radical (unpaired) electrons. The van der Waals surface area contributed by atoms with E-state index in [4.69, 9.17) is 5.73 Å². The van der Waals surface area contributed by atoms with Crippen molar-refractivity contribution in [1.82, 2.24) is 0 Å². The minimum atomic E-state index is -0.166. The first-order valence-electron chi connectivity index (χ1n) is 4.81. The largest absolute Gasteiger partial charge is 0.469 e. The van der Waals surface area contributed by atoms with Gasteiger partial charge in [-0.15, -0.1) is 0 Å². The smallest absolute Gasteiger partial charge is 0.306 e. The van der Waals surface area contributed by atoms with E-state index in [1.807, 2.05) is 18.2 Å². The van der Waals surface area contributed by atoms with E-state index in [2.05, 4.69) is 20.7 Å². The number of rotatable bonds is 5. The number of methoxy groups -OCH3 is 1. The maximum atomic E-state index is 10.9. The first-order chi connectivity index (χ1) is 7.61. The van der Waals surface area contributed by atoms with Crippen LogP contribution in [0.5, 0.6) is 0 Å². The Kier molecular flexibility index (Phi) is 5.69. The summed E-state index contributed by atoms with van der Waals surface area (Å²) in [4.78, 5) is 10.9. The molecule has 0 heterocycles. The van der Waals surface area contributed by atoms with Crippen LogP contribution in [0, 0.1) is 0 Å². The molecule has 1 aromatic carbocycles. The maximum absolute atomic E-state index is 10.9. The topological polar surface area (TPSA) is 52.3 Å². The van der Waals surface area contributed by atoms with E-state index in [1.54, 1.807) is 11.8 Å². The molecule has 0 aliphatic rings. The molecule has 0 saturated carbocycles. The average molecular weight is 304 g/mol. The summed E-state index contributed by atoms with van der Waals surface area (Å²) in [5, 5.41) is 0. The van der Waals surface area contributed by atoms with Crippen molar-refractivity contribution in [3.63, 3.8) is 0 Å². The Balaban J connectivity index is 2.34. The molecule has 2 N–H and O–H groups in total. The summed E-state index contributed by atoms with van der Waals surface area (Å²) in [7, 11) is 1.40. The molecule has 3 nitrogen and oxygen atoms in total. The quantitative estimate of drug-likeness (QED) is 0.516. The predicted octanol–water partition coefficient (Wildman–Crippen LogP) is 2.83. The molecule has 0 atom stereocenters. The lowest BCUT2D eigenvalue weighted by Crippen LogP contribution is -2.01. The number of nitrogens with two attached hydrogens (primary N) is 1. The Morgan fingerprint density at radius 2 is 2.25 bits per heavy atom. The van der Waals surface area contributed by atoms with Gasteiger partial charge in [0, 0.05) is 21.7 Å². The summed E-state index contributed by atoms with van der Waals surface area (Å²) in [5.41, 5.74) is 7.62. The van der Waals surface area contributed by atoms with Crippen molar-refractivity contribution in [3.8, 4) is 0 Å². The van der Waals surface area contributed by atoms with Gasteiger partial charge < -0.3 is 10.5 Å². The number of hydrogen-bond acceptors (Lipinski definition) is 4. The van der Waals surface area contributed by atoms with Crippen LogP contribution in [0.3, 0.4) is 0 Å². The summed E-state index contributed by atoms with van der Waals surface area (Å²) in [5.74, 6) is 1.45. The molecule has 16 heavy (non-hydrogen) atoms. The van der Waals surface area contributed by atoms with Crippen molar-refractivity contribution in [2.45, 2.75) is 12.2 Å². The van der Waals surface area contributed by atoms with E-state index < -0.39 is 0 Å². The molecule has 0 fully saturated rings. The zero-order valence-corrected chi connectivity index (χ0v) is 11.4. The number of esters is 1. The summed E-state index contributed by atoms with van der Waals surface area (Å²) in [6.45, 7) is 0. The minimum Gasteiger partial charge on any atom is -0.469 e. The summed E-state index contributed by atoms with van der Waals surface area (Å²) in [6, 6.07) is 5.83. The molecule has 0 unspecified atom stereocenters. The monoisotopic (exact) mass is 303 g/mol. The maximum Gasteiger partial charge on any atom is 0.306 e. The van der Waals surface area contributed by atoms with Crippen molar-refractivity contribution in [2.24, 2.45) is 0 Å². The number of ether oxygens (including phenoxy) is 1. The number of benzene rings is 1. The van der Waals surface area contributed by atoms with E-state index in [-0.39, 0.29) is 5.97 Å². The van der Waals surface area contributed by atoms with Crippen molar-refractivity contribution in [1.29, 1.82) is 0 Å². The molecule has 0 saturated heterocycles. The van der Waals surface area contributed by atoms with Gasteiger partial charge in [0.25, 0.3) is 0 Å². The lowest BCUT2D eigenvalue weighted by molar-refractivity contribution is -0.140. The molecule has 0 spiro atoms. The zero-order valence-electron chi connectivity index (χ0n) is 9.03. The third-order valence-corrected chi connectivity index (χ3v) is 3.41. The second kappa shape index (κ2) is 6.81. The normalized spacial score (nSPS) is 10.1. The second-order valence-electron chi connectivity index (χ2n) is 3.27. The van der Waals surface area contributed by atoms with Crippen LogP contribution >= 0.6 is 27.7 Å². The molecule has 88 valence electrons. The second-order valence-corrected chi connectivity index (χ2v) is 5.29. The number of nitrogen functional groups attached to an aromatic ring is 1. The van der Waals surface area contributed by atoms with Gasteiger partial charge in [-0.2, -0.15) is 11.8 Å². The van der Waals surface area contributed by atoms with Gasteiger partial charge in [-0.1, -0.05) is 15.9 Å². The Bertz CT molecular complexity index is 351. The number of carbonyl (C=O) groups is 1. The van der Waals surface area contributed by atoms with Crippen LogP contribution in [0.2, 0.25) is 0 Å². The van der Waals surface area contributed by atoms with Crippen LogP contribution in [0.15, 0.2) is 22.7 Å². The number of carbonyl (C=O) groups excluding carboxylic acids is 1. The number of thioether (sulfide) groups is 1. The lowest BCUT2D eigenvalue weighted by atomic mass is 10.2. The summed E-state index contributed by atoms with van der Waals surface area (Å²) < 4.78 is 5.54. The lowest BCUT2D eigenvalue weighted by Gasteiger charge is -2.04. The van der Waals surface area contributed by atoms with E-state index in [1.165, 1.54) is 7.11 Å². The van der Waals surface area contributed by atoms with Gasteiger partial charge in [0.15, 0.2) is 0 Å². The third-order valence-electron chi connectivity index (χ3n) is 1.93. The molecule has 1 rings (SSSR count). The van der Waals surface area contributed by atoms with Gasteiger partial charge in [0.2, 0.25) is 0 Å². The molecule has 0 aliphatic heterocycles. The third kappa shape index (κ3) is 4.90. The molecule has 0 amide bonds. The van der Waals surface area contributed by atoms with Crippen LogP contribution in [0.25, 0.3) is 0 Å². The van der Waals surface area contributed by atoms with Gasteiger partial charge in [0.1, 0.15) is 0 Å². The molecule has 1 aromatic rings. The highest BCUT2D eigenvalue weighted by Gasteiger charge is 2.01. The van der Waals surface area contributed by atoms with Crippen LogP contribution in [-0.2, 0) is 15.3 Å². The molecular weight excluding hydrogens is 290 g/mol. The van der Waals surface area contributed by atoms with Gasteiger partial charge in [0.05, 0.1) is 13.5 Å². The van der Waals surface area contributed by atoms with E-state index >= 15 is 0 Å². The number of anilines is 1. The molecular formula is C11H14BrNO2S. The fourth-order valence-electron chi connectivity index (χ4n) is 1.21. The Labute approximate surface area is 108 Å². The minimum absolute atomic E-state index is 0.166. The van der Waals surface area contributed by atoms with E-state index in [0.29, 0.717) is 6.42 Å². The Hall–Kier alpha value is -0.680. The van der Waals surface area contributed by atoms with Crippen molar-refractivity contribution in [2.75, 3.05) is 18.6 Å².